The summed E-state index contributed by atoms with van der Waals surface area (Å²) in [6.45, 7) is 1.69. The van der Waals surface area contributed by atoms with E-state index in [0.29, 0.717) is 5.56 Å². The van der Waals surface area contributed by atoms with Crippen LogP contribution in [0.3, 0.4) is 0 Å². The number of hydrogen-bond acceptors (Lipinski definition) is 4. The molecule has 5 heteroatoms. The Balaban J connectivity index is 2.08. The number of halogens is 1. The van der Waals surface area contributed by atoms with Crippen molar-refractivity contribution in [1.29, 1.82) is 0 Å². The lowest BCUT2D eigenvalue weighted by atomic mass is 10.1. The van der Waals surface area contributed by atoms with Crippen LogP contribution in [0.15, 0.2) is 27.9 Å². The van der Waals surface area contributed by atoms with E-state index in [2.05, 4.69) is 16.8 Å². The van der Waals surface area contributed by atoms with E-state index in [4.69, 9.17) is 5.11 Å². The first-order valence-corrected chi connectivity index (χ1v) is 7.48. The van der Waals surface area contributed by atoms with Gasteiger partial charge in [-0.3, -0.25) is 0 Å². The minimum Gasteiger partial charge on any atom is -0.384 e. The first-order valence-electron chi connectivity index (χ1n) is 5.62. The third kappa shape index (κ3) is 4.06. The second kappa shape index (κ2) is 6.71. The normalized spacial score (nSPS) is 10.1. The average molecular weight is 293 g/mol. The zero-order chi connectivity index (χ0) is 13.7. The molecule has 0 aliphatic carbocycles. The van der Waals surface area contributed by atoms with Crippen LogP contribution in [-0.4, -0.2) is 16.7 Å². The predicted octanol–water partition coefficient (Wildman–Crippen LogP) is 3.23. The molecule has 1 aromatic heterocycles. The number of aliphatic hydroxyl groups excluding tert-OH is 1. The van der Waals surface area contributed by atoms with Gasteiger partial charge in [-0.15, -0.1) is 11.3 Å². The molecule has 2 aromatic rings. The van der Waals surface area contributed by atoms with E-state index < -0.39 is 0 Å². The van der Waals surface area contributed by atoms with Gasteiger partial charge in [0, 0.05) is 16.8 Å². The maximum atomic E-state index is 13.5. The molecule has 2 nitrogen and oxygen atoms in total. The van der Waals surface area contributed by atoms with E-state index in [-0.39, 0.29) is 12.4 Å². The second-order valence-electron chi connectivity index (χ2n) is 3.82. The van der Waals surface area contributed by atoms with Crippen LogP contribution in [0.2, 0.25) is 0 Å². The van der Waals surface area contributed by atoms with E-state index in [1.54, 1.807) is 35.2 Å². The molecule has 0 unspecified atom stereocenters. The highest BCUT2D eigenvalue weighted by Crippen LogP contribution is 2.26. The molecule has 1 N–H and O–H groups in total. The van der Waals surface area contributed by atoms with Crippen LogP contribution in [0.4, 0.5) is 4.39 Å². The van der Waals surface area contributed by atoms with Crippen LogP contribution in [0, 0.1) is 24.6 Å². The minimum absolute atomic E-state index is 0.267. The highest BCUT2D eigenvalue weighted by Gasteiger charge is 2.04. The zero-order valence-electron chi connectivity index (χ0n) is 10.3. The Hall–Kier alpha value is -1.35. The number of thioether (sulfide) groups is 1. The topological polar surface area (TPSA) is 33.1 Å². The monoisotopic (exact) mass is 293 g/mol. The number of hydrogen-bond donors (Lipinski definition) is 1. The Morgan fingerprint density at radius 2 is 2.32 bits per heavy atom. The lowest BCUT2D eigenvalue weighted by Gasteiger charge is -2.01. The molecule has 2 rings (SSSR count). The van der Waals surface area contributed by atoms with Crippen LogP contribution < -0.4 is 0 Å². The molecule has 19 heavy (non-hydrogen) atoms. The van der Waals surface area contributed by atoms with Crippen LogP contribution in [0.1, 0.15) is 16.8 Å². The van der Waals surface area contributed by atoms with Gasteiger partial charge in [0.15, 0.2) is 0 Å². The number of rotatable bonds is 3. The molecule has 0 saturated heterocycles. The summed E-state index contributed by atoms with van der Waals surface area (Å²) in [5.74, 6) is 5.43. The molecule has 0 aliphatic heterocycles. The molecule has 0 atom stereocenters. The van der Waals surface area contributed by atoms with Crippen LogP contribution in [0.5, 0.6) is 0 Å². The summed E-state index contributed by atoms with van der Waals surface area (Å²) in [7, 11) is 0. The van der Waals surface area contributed by atoms with Crippen molar-refractivity contribution < 1.29 is 9.50 Å². The first kappa shape index (κ1) is 14.1. The van der Waals surface area contributed by atoms with Crippen molar-refractivity contribution in [3.8, 4) is 11.8 Å². The summed E-state index contributed by atoms with van der Waals surface area (Å²) < 4.78 is 14.5. The van der Waals surface area contributed by atoms with Crippen LogP contribution in [-0.2, 0) is 5.75 Å². The van der Waals surface area contributed by atoms with Crippen molar-refractivity contribution >= 4 is 23.1 Å². The van der Waals surface area contributed by atoms with E-state index in [1.165, 1.54) is 6.07 Å². The van der Waals surface area contributed by atoms with E-state index in [9.17, 15) is 4.39 Å². The largest absolute Gasteiger partial charge is 0.384 e. The molecule has 0 radical (unpaired) electrons. The van der Waals surface area contributed by atoms with Crippen molar-refractivity contribution in [3.05, 3.63) is 46.2 Å². The fraction of sp³-hybridized carbons (Fsp3) is 0.214. The van der Waals surface area contributed by atoms with Crippen molar-refractivity contribution in [2.24, 2.45) is 0 Å². The quantitative estimate of drug-likeness (QED) is 0.697. The maximum absolute atomic E-state index is 13.5. The standard InChI is InChI=1S/C14H12FNOS2/c1-10-8-18-14(16-10)19-9-11-4-5-13(15)12(7-11)3-2-6-17/h4-5,7-8,17H,6,9H2,1H3. The van der Waals surface area contributed by atoms with Crippen LogP contribution >= 0.6 is 23.1 Å². The summed E-state index contributed by atoms with van der Waals surface area (Å²) in [4.78, 5) is 4.36. The number of nitrogens with zero attached hydrogens (tertiary/aromatic N) is 1. The van der Waals surface area contributed by atoms with Gasteiger partial charge in [0.25, 0.3) is 0 Å². The highest BCUT2D eigenvalue weighted by atomic mass is 32.2. The second-order valence-corrected chi connectivity index (χ2v) is 5.90. The molecule has 0 aliphatic rings. The van der Waals surface area contributed by atoms with Gasteiger partial charge in [-0.05, 0) is 24.6 Å². The maximum Gasteiger partial charge on any atom is 0.150 e. The molecule has 0 spiro atoms. The summed E-state index contributed by atoms with van der Waals surface area (Å²) in [6, 6.07) is 4.86. The molecular weight excluding hydrogens is 281 g/mol. The van der Waals surface area contributed by atoms with E-state index in [1.807, 2.05) is 12.3 Å². The zero-order valence-corrected chi connectivity index (χ0v) is 11.9. The number of benzene rings is 1. The van der Waals surface area contributed by atoms with E-state index in [0.717, 1.165) is 21.3 Å². The molecule has 0 amide bonds. The van der Waals surface area contributed by atoms with E-state index >= 15 is 0 Å². The number of aliphatic hydroxyl groups is 1. The van der Waals surface area contributed by atoms with Gasteiger partial charge in [-0.2, -0.15) is 0 Å². The summed E-state index contributed by atoms with van der Waals surface area (Å²) in [5.41, 5.74) is 2.32. The Kier molecular flexibility index (Phi) is 4.97. The number of aryl methyl sites for hydroxylation is 1. The van der Waals surface area contributed by atoms with Crippen molar-refractivity contribution in [2.45, 2.75) is 17.0 Å². The smallest absolute Gasteiger partial charge is 0.150 e. The lowest BCUT2D eigenvalue weighted by Crippen LogP contribution is -1.88. The summed E-state index contributed by atoms with van der Waals surface area (Å²) in [5, 5.41) is 10.6. The highest BCUT2D eigenvalue weighted by molar-refractivity contribution is 8.00. The SMILES string of the molecule is Cc1csc(SCc2ccc(F)c(C#CCO)c2)n1. The van der Waals surface area contributed by atoms with Gasteiger partial charge in [-0.1, -0.05) is 29.7 Å². The van der Waals surface area contributed by atoms with Gasteiger partial charge < -0.3 is 5.11 Å². The molecule has 0 fully saturated rings. The van der Waals surface area contributed by atoms with Crippen molar-refractivity contribution in [1.82, 2.24) is 4.98 Å². The Morgan fingerprint density at radius 3 is 3.00 bits per heavy atom. The van der Waals surface area contributed by atoms with Gasteiger partial charge in [0.1, 0.15) is 16.8 Å². The lowest BCUT2D eigenvalue weighted by molar-refractivity contribution is 0.350. The average Bonchev–Trinajstić information content (AvgIpc) is 2.82. The Labute approximate surface area is 119 Å². The van der Waals surface area contributed by atoms with Gasteiger partial charge >= 0.3 is 0 Å². The fourth-order valence-electron chi connectivity index (χ4n) is 1.44. The van der Waals surface area contributed by atoms with Gasteiger partial charge in [-0.25, -0.2) is 9.37 Å². The molecule has 0 bridgehead atoms. The molecule has 0 saturated carbocycles. The van der Waals surface area contributed by atoms with Crippen LogP contribution in [0.25, 0.3) is 0 Å². The van der Waals surface area contributed by atoms with Gasteiger partial charge in [0.05, 0.1) is 5.56 Å². The molecule has 98 valence electrons. The molecule has 1 aromatic carbocycles. The predicted molar refractivity (Wildman–Crippen MR) is 76.8 cm³/mol. The minimum atomic E-state index is -0.361. The summed E-state index contributed by atoms with van der Waals surface area (Å²) >= 11 is 3.23. The third-order valence-corrected chi connectivity index (χ3v) is 4.50. The van der Waals surface area contributed by atoms with Crippen molar-refractivity contribution in [2.75, 3.05) is 6.61 Å². The first-order chi connectivity index (χ1) is 9.19. The summed E-state index contributed by atoms with van der Waals surface area (Å²) in [6.07, 6.45) is 0. The number of aromatic nitrogens is 1. The van der Waals surface area contributed by atoms with Gasteiger partial charge in [0.2, 0.25) is 0 Å². The Bertz CT molecular complexity index is 628. The fourth-order valence-corrected chi connectivity index (χ4v) is 3.23. The van der Waals surface area contributed by atoms with Crippen molar-refractivity contribution in [3.63, 3.8) is 0 Å². The molecular formula is C14H12FNOS2. The number of thiazole rings is 1. The third-order valence-electron chi connectivity index (χ3n) is 2.29. The molecule has 1 heterocycles. The Morgan fingerprint density at radius 1 is 1.47 bits per heavy atom.